The Morgan fingerprint density at radius 3 is 3.17 bits per heavy atom. The van der Waals surface area contributed by atoms with E-state index in [1.165, 1.54) is 6.42 Å². The highest BCUT2D eigenvalue weighted by Crippen LogP contribution is 2.32. The highest BCUT2D eigenvalue weighted by molar-refractivity contribution is 5.86. The molecule has 0 spiro atoms. The number of rotatable bonds is 4. The minimum absolute atomic E-state index is 0.209. The summed E-state index contributed by atoms with van der Waals surface area (Å²) in [6.45, 7) is 0.923. The zero-order valence-electron chi connectivity index (χ0n) is 13.4. The third-order valence-corrected chi connectivity index (χ3v) is 4.74. The van der Waals surface area contributed by atoms with Gasteiger partial charge in [0.05, 0.1) is 17.8 Å². The first-order valence-electron chi connectivity index (χ1n) is 8.45. The number of fused-ring (bicyclic) bond motifs is 1. The number of hydrogen-bond donors (Lipinski definition) is 2. The zero-order valence-corrected chi connectivity index (χ0v) is 13.4. The number of H-pyrrole nitrogens is 1. The van der Waals surface area contributed by atoms with Crippen LogP contribution < -0.4 is 4.90 Å². The first-order chi connectivity index (χ1) is 11.8. The molecule has 0 aromatic carbocycles. The fourth-order valence-electron chi connectivity index (χ4n) is 3.54. The highest BCUT2D eigenvalue weighted by Gasteiger charge is 2.27. The second-order valence-corrected chi connectivity index (χ2v) is 6.29. The van der Waals surface area contributed by atoms with Crippen LogP contribution in [0.5, 0.6) is 0 Å². The minimum Gasteiger partial charge on any atom is -0.467 e. The summed E-state index contributed by atoms with van der Waals surface area (Å²) < 4.78 is 5.36. The molecule has 0 bridgehead atoms. The van der Waals surface area contributed by atoms with Crippen molar-refractivity contribution in [1.29, 1.82) is 0 Å². The Balaban J connectivity index is 1.64. The summed E-state index contributed by atoms with van der Waals surface area (Å²) >= 11 is 0. The maximum atomic E-state index is 10.5. The van der Waals surface area contributed by atoms with Gasteiger partial charge in [0.15, 0.2) is 5.65 Å². The molecule has 0 aliphatic carbocycles. The van der Waals surface area contributed by atoms with E-state index in [2.05, 4.69) is 25.1 Å². The molecule has 1 fully saturated rings. The average Bonchev–Trinajstić information content (AvgIpc) is 3.24. The molecular formula is C17H21N5O2. The van der Waals surface area contributed by atoms with Crippen LogP contribution in [0.4, 0.5) is 5.82 Å². The van der Waals surface area contributed by atoms with E-state index < -0.39 is 6.10 Å². The van der Waals surface area contributed by atoms with Crippen molar-refractivity contribution in [3.63, 3.8) is 0 Å². The summed E-state index contributed by atoms with van der Waals surface area (Å²) in [5, 5.41) is 18.4. The van der Waals surface area contributed by atoms with E-state index in [0.29, 0.717) is 12.2 Å². The monoisotopic (exact) mass is 327 g/mol. The van der Waals surface area contributed by atoms with E-state index in [4.69, 9.17) is 4.42 Å². The average molecular weight is 327 g/mol. The smallest absolute Gasteiger partial charge is 0.160 e. The van der Waals surface area contributed by atoms with Crippen LogP contribution in [0.15, 0.2) is 35.3 Å². The Morgan fingerprint density at radius 2 is 2.29 bits per heavy atom. The largest absolute Gasteiger partial charge is 0.467 e. The van der Waals surface area contributed by atoms with Crippen LogP contribution in [0.2, 0.25) is 0 Å². The van der Waals surface area contributed by atoms with Crippen LogP contribution in [0.1, 0.15) is 44.0 Å². The molecule has 0 radical (unpaired) electrons. The number of nitrogens with zero attached hydrogens (tertiary/aromatic N) is 4. The van der Waals surface area contributed by atoms with Crippen LogP contribution in [-0.2, 0) is 0 Å². The Kier molecular flexibility index (Phi) is 4.17. The van der Waals surface area contributed by atoms with Crippen molar-refractivity contribution in [2.45, 2.75) is 44.2 Å². The molecule has 2 atom stereocenters. The second kappa shape index (κ2) is 6.60. The number of anilines is 1. The zero-order chi connectivity index (χ0) is 16.4. The molecule has 0 unspecified atom stereocenters. The number of aromatic nitrogens is 4. The second-order valence-electron chi connectivity index (χ2n) is 6.29. The normalized spacial score (nSPS) is 20.2. The van der Waals surface area contributed by atoms with Gasteiger partial charge in [0.2, 0.25) is 0 Å². The van der Waals surface area contributed by atoms with Crippen molar-refractivity contribution in [2.75, 3.05) is 11.4 Å². The van der Waals surface area contributed by atoms with E-state index in [1.807, 2.05) is 12.1 Å². The van der Waals surface area contributed by atoms with Crippen molar-refractivity contribution < 1.29 is 9.52 Å². The quantitative estimate of drug-likeness (QED) is 0.765. The fourth-order valence-corrected chi connectivity index (χ4v) is 3.54. The van der Waals surface area contributed by atoms with Gasteiger partial charge in [-0.3, -0.25) is 5.10 Å². The van der Waals surface area contributed by atoms with Crippen molar-refractivity contribution in [2.24, 2.45) is 0 Å². The van der Waals surface area contributed by atoms with Crippen molar-refractivity contribution in [1.82, 2.24) is 20.2 Å². The molecule has 0 amide bonds. The molecule has 2 N–H and O–H groups in total. The predicted molar refractivity (Wildman–Crippen MR) is 89.6 cm³/mol. The maximum absolute atomic E-state index is 10.5. The molecule has 1 aliphatic heterocycles. The molecule has 24 heavy (non-hydrogen) atoms. The molecule has 4 heterocycles. The summed E-state index contributed by atoms with van der Waals surface area (Å²) in [5.74, 6) is 1.52. The molecule has 4 rings (SSSR count). The van der Waals surface area contributed by atoms with E-state index in [1.54, 1.807) is 18.8 Å². The molecule has 7 nitrogen and oxygen atoms in total. The molecule has 126 valence electrons. The standard InChI is InChI=1S/C17H21N5O2/c23-14(15-6-4-8-24-15)9-12-5-2-1-3-7-22(12)17-13-10-20-21-16(13)18-11-19-17/h4,6,8,10-12,14,23H,1-3,5,7,9H2,(H,18,19,20,21)/t12-,14-/m1/s1. The van der Waals surface area contributed by atoms with Crippen molar-refractivity contribution >= 4 is 16.9 Å². The lowest BCUT2D eigenvalue weighted by Gasteiger charge is -2.32. The third kappa shape index (κ3) is 2.87. The summed E-state index contributed by atoms with van der Waals surface area (Å²) in [5.41, 5.74) is 0.745. The lowest BCUT2D eigenvalue weighted by molar-refractivity contribution is 0.129. The number of hydrogen-bond acceptors (Lipinski definition) is 6. The summed E-state index contributed by atoms with van der Waals surface area (Å²) in [6.07, 6.45) is 9.47. The van der Waals surface area contributed by atoms with Crippen molar-refractivity contribution in [3.8, 4) is 0 Å². The number of nitrogens with one attached hydrogen (secondary N) is 1. The molecule has 0 saturated carbocycles. The summed E-state index contributed by atoms with van der Waals surface area (Å²) in [6, 6.07) is 3.84. The molecule has 1 saturated heterocycles. The highest BCUT2D eigenvalue weighted by atomic mass is 16.4. The summed E-state index contributed by atoms with van der Waals surface area (Å²) in [4.78, 5) is 11.0. The van der Waals surface area contributed by atoms with Gasteiger partial charge in [-0.25, -0.2) is 9.97 Å². The minimum atomic E-state index is -0.604. The van der Waals surface area contributed by atoms with E-state index in [0.717, 1.165) is 42.7 Å². The topological polar surface area (TPSA) is 91.1 Å². The van der Waals surface area contributed by atoms with Gasteiger partial charge < -0.3 is 14.4 Å². The van der Waals surface area contributed by atoms with Crippen LogP contribution >= 0.6 is 0 Å². The first kappa shape index (κ1) is 15.1. The van der Waals surface area contributed by atoms with Crippen LogP contribution in [0, 0.1) is 0 Å². The van der Waals surface area contributed by atoms with E-state index in [9.17, 15) is 5.11 Å². The maximum Gasteiger partial charge on any atom is 0.160 e. The van der Waals surface area contributed by atoms with Crippen LogP contribution in [0.3, 0.4) is 0 Å². The van der Waals surface area contributed by atoms with Gasteiger partial charge in [0.1, 0.15) is 24.0 Å². The van der Waals surface area contributed by atoms with Crippen LogP contribution in [-0.4, -0.2) is 37.9 Å². The Hall–Kier alpha value is -2.41. The fraction of sp³-hybridized carbons (Fsp3) is 0.471. The number of furan rings is 1. The van der Waals surface area contributed by atoms with E-state index >= 15 is 0 Å². The number of aliphatic hydroxyl groups is 1. The van der Waals surface area contributed by atoms with Gasteiger partial charge in [-0.1, -0.05) is 12.8 Å². The SMILES string of the molecule is O[C@H](C[C@H]1CCCCCN1c1ncnc2[nH]ncc12)c1ccco1. The van der Waals surface area contributed by atoms with Gasteiger partial charge in [-0.2, -0.15) is 5.10 Å². The Bertz CT molecular complexity index is 785. The molecule has 7 heteroatoms. The van der Waals surface area contributed by atoms with E-state index in [-0.39, 0.29) is 6.04 Å². The van der Waals surface area contributed by atoms with Gasteiger partial charge >= 0.3 is 0 Å². The van der Waals surface area contributed by atoms with Gasteiger partial charge in [0, 0.05) is 19.0 Å². The molecule has 3 aromatic heterocycles. The first-order valence-corrected chi connectivity index (χ1v) is 8.45. The van der Waals surface area contributed by atoms with Crippen LogP contribution in [0.25, 0.3) is 11.0 Å². The predicted octanol–water partition coefficient (Wildman–Crippen LogP) is 2.82. The lowest BCUT2D eigenvalue weighted by Crippen LogP contribution is -2.36. The summed E-state index contributed by atoms with van der Waals surface area (Å²) in [7, 11) is 0. The number of aliphatic hydroxyl groups excluding tert-OH is 1. The molecule has 3 aromatic rings. The molecule has 1 aliphatic rings. The number of aromatic amines is 1. The van der Waals surface area contributed by atoms with Gasteiger partial charge in [-0.15, -0.1) is 0 Å². The Morgan fingerprint density at radius 1 is 1.33 bits per heavy atom. The molecular weight excluding hydrogens is 306 g/mol. The third-order valence-electron chi connectivity index (χ3n) is 4.74. The van der Waals surface area contributed by atoms with Gasteiger partial charge in [0.25, 0.3) is 0 Å². The van der Waals surface area contributed by atoms with Crippen molar-refractivity contribution in [3.05, 3.63) is 36.7 Å². The lowest BCUT2D eigenvalue weighted by atomic mass is 10.0. The Labute approximate surface area is 139 Å². The van der Waals surface area contributed by atoms with Gasteiger partial charge in [-0.05, 0) is 25.0 Å².